The first-order chi connectivity index (χ1) is 10.1. The second-order valence-corrected chi connectivity index (χ2v) is 6.08. The molecule has 0 amide bonds. The molecule has 1 unspecified atom stereocenters. The average Bonchev–Trinajstić information content (AvgIpc) is 2.48. The maximum absolute atomic E-state index is 13.6. The molecule has 1 aromatic rings. The molecule has 0 radical (unpaired) electrons. The molecular weight excluding hydrogens is 269 g/mol. The molecule has 21 heavy (non-hydrogen) atoms. The van der Waals surface area contributed by atoms with Gasteiger partial charge in [-0.25, -0.2) is 4.39 Å². The summed E-state index contributed by atoms with van der Waals surface area (Å²) in [6, 6.07) is 1.63. The van der Waals surface area contributed by atoms with E-state index in [1.807, 2.05) is 0 Å². The summed E-state index contributed by atoms with van der Waals surface area (Å²) in [7, 11) is 0. The van der Waals surface area contributed by atoms with Crippen molar-refractivity contribution in [2.45, 2.75) is 38.8 Å². The molecule has 1 fully saturated rings. The van der Waals surface area contributed by atoms with Crippen molar-refractivity contribution >= 4 is 0 Å². The summed E-state index contributed by atoms with van der Waals surface area (Å²) < 4.78 is 19.0. The fourth-order valence-corrected chi connectivity index (χ4v) is 2.97. The van der Waals surface area contributed by atoms with Crippen LogP contribution in [0.1, 0.15) is 38.8 Å². The highest BCUT2D eigenvalue weighted by Gasteiger charge is 2.37. The first-order valence-corrected chi connectivity index (χ1v) is 7.72. The van der Waals surface area contributed by atoms with Crippen LogP contribution in [0.2, 0.25) is 0 Å². The van der Waals surface area contributed by atoms with Crippen molar-refractivity contribution in [2.24, 2.45) is 0 Å². The van der Waals surface area contributed by atoms with Crippen molar-refractivity contribution in [3.63, 3.8) is 0 Å². The van der Waals surface area contributed by atoms with Crippen LogP contribution in [0.3, 0.4) is 0 Å². The van der Waals surface area contributed by atoms with Crippen LogP contribution < -0.4 is 5.32 Å². The third-order valence-electron chi connectivity index (χ3n) is 4.19. The van der Waals surface area contributed by atoms with Gasteiger partial charge in [0, 0.05) is 24.8 Å². The Bertz CT molecular complexity index is 447. The highest BCUT2D eigenvalue weighted by molar-refractivity contribution is 5.20. The van der Waals surface area contributed by atoms with Crippen LogP contribution in [0.15, 0.2) is 18.5 Å². The molecule has 2 heterocycles. The van der Waals surface area contributed by atoms with Gasteiger partial charge in [0.15, 0.2) is 0 Å². The summed E-state index contributed by atoms with van der Waals surface area (Å²) in [6.45, 7) is 10.8. The summed E-state index contributed by atoms with van der Waals surface area (Å²) in [5.41, 5.74) is 0.772. The lowest BCUT2D eigenvalue weighted by molar-refractivity contribution is -0.0238. The molecule has 1 aromatic heterocycles. The number of ether oxygens (including phenoxy) is 1. The number of aromatic nitrogens is 1. The zero-order valence-corrected chi connectivity index (χ0v) is 13.2. The van der Waals surface area contributed by atoms with Crippen molar-refractivity contribution in [3.05, 3.63) is 29.8 Å². The Labute approximate surface area is 126 Å². The van der Waals surface area contributed by atoms with E-state index in [0.29, 0.717) is 0 Å². The van der Waals surface area contributed by atoms with Crippen LogP contribution in [0.5, 0.6) is 0 Å². The molecule has 0 spiro atoms. The lowest BCUT2D eigenvalue weighted by Crippen LogP contribution is -2.56. The summed E-state index contributed by atoms with van der Waals surface area (Å²) >= 11 is 0. The topological polar surface area (TPSA) is 37.4 Å². The fourth-order valence-electron chi connectivity index (χ4n) is 2.97. The van der Waals surface area contributed by atoms with Gasteiger partial charge in [0.2, 0.25) is 0 Å². The minimum Gasteiger partial charge on any atom is -0.379 e. The maximum atomic E-state index is 13.6. The largest absolute Gasteiger partial charge is 0.379 e. The number of rotatable bonds is 6. The molecule has 1 saturated heterocycles. The predicted molar refractivity (Wildman–Crippen MR) is 81.7 cm³/mol. The number of pyridine rings is 1. The molecule has 1 atom stereocenters. The number of nitrogens with one attached hydrogen (secondary N) is 1. The summed E-state index contributed by atoms with van der Waals surface area (Å²) in [5, 5.41) is 3.56. The number of nitrogens with zero attached hydrogens (tertiary/aromatic N) is 2. The first-order valence-electron chi connectivity index (χ1n) is 7.72. The average molecular weight is 295 g/mol. The monoisotopic (exact) mass is 295 g/mol. The highest BCUT2D eigenvalue weighted by Crippen LogP contribution is 2.31. The lowest BCUT2D eigenvalue weighted by Gasteiger charge is -2.46. The number of halogens is 1. The third-order valence-corrected chi connectivity index (χ3v) is 4.19. The van der Waals surface area contributed by atoms with Gasteiger partial charge >= 0.3 is 0 Å². The van der Waals surface area contributed by atoms with E-state index in [4.69, 9.17) is 4.74 Å². The molecule has 2 rings (SSSR count). The van der Waals surface area contributed by atoms with Gasteiger partial charge in [-0.15, -0.1) is 0 Å². The molecule has 4 nitrogen and oxygen atoms in total. The van der Waals surface area contributed by atoms with E-state index in [1.165, 1.54) is 6.20 Å². The van der Waals surface area contributed by atoms with Gasteiger partial charge in [0.25, 0.3) is 0 Å². The van der Waals surface area contributed by atoms with Crippen molar-refractivity contribution in [3.8, 4) is 0 Å². The zero-order chi connectivity index (χ0) is 15.3. The molecule has 0 bridgehead atoms. The minimum atomic E-state index is -0.284. The smallest absolute Gasteiger partial charge is 0.141 e. The van der Waals surface area contributed by atoms with Crippen molar-refractivity contribution < 1.29 is 9.13 Å². The number of hydrogen-bond donors (Lipinski definition) is 1. The Morgan fingerprint density at radius 1 is 1.38 bits per heavy atom. The summed E-state index contributed by atoms with van der Waals surface area (Å²) in [5.74, 6) is -0.284. The van der Waals surface area contributed by atoms with Gasteiger partial charge in [-0.2, -0.15) is 0 Å². The molecule has 0 aliphatic carbocycles. The number of morpholine rings is 1. The minimum absolute atomic E-state index is 0.0405. The van der Waals surface area contributed by atoms with Crippen LogP contribution in [-0.2, 0) is 4.74 Å². The molecule has 1 aliphatic heterocycles. The molecule has 1 N–H and O–H groups in total. The van der Waals surface area contributed by atoms with Gasteiger partial charge < -0.3 is 10.1 Å². The van der Waals surface area contributed by atoms with Crippen LogP contribution >= 0.6 is 0 Å². The molecule has 5 heteroatoms. The molecule has 0 aromatic carbocycles. The van der Waals surface area contributed by atoms with Crippen LogP contribution in [0.25, 0.3) is 0 Å². The maximum Gasteiger partial charge on any atom is 0.141 e. The second kappa shape index (κ2) is 7.29. The molecular formula is C16H26FN3O. The normalized spacial score (nSPS) is 18.7. The zero-order valence-electron chi connectivity index (χ0n) is 13.2. The Balaban J connectivity index is 2.25. The van der Waals surface area contributed by atoms with Gasteiger partial charge in [-0.3, -0.25) is 9.88 Å². The Morgan fingerprint density at radius 2 is 2.10 bits per heavy atom. The second-order valence-electron chi connectivity index (χ2n) is 6.08. The van der Waals surface area contributed by atoms with Crippen molar-refractivity contribution in [1.29, 1.82) is 0 Å². The van der Waals surface area contributed by atoms with E-state index in [2.05, 4.69) is 36.0 Å². The van der Waals surface area contributed by atoms with E-state index >= 15 is 0 Å². The van der Waals surface area contributed by atoms with E-state index in [1.54, 1.807) is 12.3 Å². The standard InChI is InChI=1S/C16H26FN3O/c1-4-5-19-15(13-10-14(17)12-18-11-13)16(2,3)20-6-8-21-9-7-20/h10-12,15,19H,4-9H2,1-3H3. The van der Waals surface area contributed by atoms with Crippen LogP contribution in [-0.4, -0.2) is 48.3 Å². The van der Waals surface area contributed by atoms with Gasteiger partial charge in [0.1, 0.15) is 5.82 Å². The van der Waals surface area contributed by atoms with E-state index < -0.39 is 0 Å². The van der Waals surface area contributed by atoms with Crippen molar-refractivity contribution in [1.82, 2.24) is 15.2 Å². The number of hydrogen-bond acceptors (Lipinski definition) is 4. The van der Waals surface area contributed by atoms with Crippen molar-refractivity contribution in [2.75, 3.05) is 32.8 Å². The van der Waals surface area contributed by atoms with E-state index in [-0.39, 0.29) is 17.4 Å². The predicted octanol–water partition coefficient (Wildman–Crippen LogP) is 2.37. The SMILES string of the molecule is CCCNC(c1cncc(F)c1)C(C)(C)N1CCOCC1. The van der Waals surface area contributed by atoms with Crippen LogP contribution in [0.4, 0.5) is 4.39 Å². The van der Waals surface area contributed by atoms with Gasteiger partial charge in [-0.05, 0) is 38.4 Å². The van der Waals surface area contributed by atoms with E-state index in [9.17, 15) is 4.39 Å². The lowest BCUT2D eigenvalue weighted by atomic mass is 9.87. The molecule has 0 saturated carbocycles. The summed E-state index contributed by atoms with van der Waals surface area (Å²) in [4.78, 5) is 6.43. The Morgan fingerprint density at radius 3 is 2.71 bits per heavy atom. The quantitative estimate of drug-likeness (QED) is 0.874. The Hall–Kier alpha value is -1.04. The summed E-state index contributed by atoms with van der Waals surface area (Å²) in [6.07, 6.45) is 4.05. The van der Waals surface area contributed by atoms with Crippen LogP contribution in [0, 0.1) is 5.82 Å². The third kappa shape index (κ3) is 3.99. The fraction of sp³-hybridized carbons (Fsp3) is 0.688. The highest BCUT2D eigenvalue weighted by atomic mass is 19.1. The van der Waals surface area contributed by atoms with Gasteiger partial charge in [-0.1, -0.05) is 6.92 Å². The molecule has 118 valence electrons. The van der Waals surface area contributed by atoms with Gasteiger partial charge in [0.05, 0.1) is 25.5 Å². The molecule has 1 aliphatic rings. The van der Waals surface area contributed by atoms with E-state index in [0.717, 1.165) is 44.8 Å². The Kier molecular flexibility index (Phi) is 5.67. The first kappa shape index (κ1) is 16.3.